The van der Waals surface area contributed by atoms with Gasteiger partial charge in [0.25, 0.3) is 0 Å². The molecule has 6 heteroatoms. The molecule has 17 heavy (non-hydrogen) atoms. The van der Waals surface area contributed by atoms with E-state index in [0.717, 1.165) is 29.6 Å². The molecule has 1 N–H and O–H groups in total. The predicted molar refractivity (Wildman–Crippen MR) is 75.9 cm³/mol. The third-order valence-corrected chi connectivity index (χ3v) is 4.89. The predicted octanol–water partition coefficient (Wildman–Crippen LogP) is 2.30. The monoisotopic (exact) mass is 272 g/mol. The third kappa shape index (κ3) is 3.82. The lowest BCUT2D eigenvalue weighted by Crippen LogP contribution is -2.39. The summed E-state index contributed by atoms with van der Waals surface area (Å²) in [7, 11) is 0. The van der Waals surface area contributed by atoms with Crippen LogP contribution in [0.25, 0.3) is 0 Å². The molecule has 96 valence electrons. The van der Waals surface area contributed by atoms with Crippen LogP contribution in [0.3, 0.4) is 0 Å². The first-order valence-electron chi connectivity index (χ1n) is 6.17. The maximum absolute atomic E-state index is 4.26. The van der Waals surface area contributed by atoms with E-state index in [4.69, 9.17) is 0 Å². The summed E-state index contributed by atoms with van der Waals surface area (Å²) in [6.45, 7) is 7.55. The maximum atomic E-state index is 4.26. The molecule has 1 aliphatic rings. The van der Waals surface area contributed by atoms with Crippen LogP contribution in [0.15, 0.2) is 0 Å². The zero-order valence-corrected chi connectivity index (χ0v) is 12.1. The van der Waals surface area contributed by atoms with Crippen molar-refractivity contribution in [1.82, 2.24) is 15.1 Å². The fourth-order valence-corrected chi connectivity index (χ4v) is 3.66. The molecule has 2 heterocycles. The summed E-state index contributed by atoms with van der Waals surface area (Å²) in [6.07, 6.45) is 1.12. The first-order chi connectivity index (χ1) is 8.29. The minimum Gasteiger partial charge on any atom is -0.360 e. The van der Waals surface area contributed by atoms with Gasteiger partial charge in [-0.3, -0.25) is 4.90 Å². The minimum atomic E-state index is 0.657. The Morgan fingerprint density at radius 3 is 3.12 bits per heavy atom. The van der Waals surface area contributed by atoms with Crippen LogP contribution in [0.1, 0.15) is 25.3 Å². The van der Waals surface area contributed by atoms with Crippen LogP contribution in [0.5, 0.6) is 0 Å². The standard InChI is InChI=1S/C11H20N4S2/c1-3-4-12-11-14-13-10(17-11)7-15-5-6-16-8-9(15)2/h9H,3-8H2,1-2H3,(H,12,14). The van der Waals surface area contributed by atoms with E-state index in [1.807, 2.05) is 11.8 Å². The third-order valence-electron chi connectivity index (χ3n) is 2.84. The maximum Gasteiger partial charge on any atom is 0.205 e. The van der Waals surface area contributed by atoms with Gasteiger partial charge in [-0.25, -0.2) is 0 Å². The molecular weight excluding hydrogens is 252 g/mol. The molecule has 1 aromatic heterocycles. The summed E-state index contributed by atoms with van der Waals surface area (Å²) in [6, 6.07) is 0.657. The van der Waals surface area contributed by atoms with Crippen molar-refractivity contribution in [2.24, 2.45) is 0 Å². The summed E-state index contributed by atoms with van der Waals surface area (Å²) >= 11 is 3.73. The van der Waals surface area contributed by atoms with E-state index in [2.05, 4.69) is 34.3 Å². The van der Waals surface area contributed by atoms with Crippen molar-refractivity contribution in [3.8, 4) is 0 Å². The number of nitrogens with one attached hydrogen (secondary N) is 1. The van der Waals surface area contributed by atoms with Gasteiger partial charge < -0.3 is 5.32 Å². The van der Waals surface area contributed by atoms with Gasteiger partial charge in [-0.2, -0.15) is 11.8 Å². The van der Waals surface area contributed by atoms with Crippen molar-refractivity contribution in [2.45, 2.75) is 32.9 Å². The highest BCUT2D eigenvalue weighted by Crippen LogP contribution is 2.21. The smallest absolute Gasteiger partial charge is 0.205 e. The lowest BCUT2D eigenvalue weighted by atomic mass is 10.3. The molecule has 1 aromatic rings. The second-order valence-electron chi connectivity index (χ2n) is 4.32. The Morgan fingerprint density at radius 1 is 1.47 bits per heavy atom. The van der Waals surface area contributed by atoms with Crippen molar-refractivity contribution in [3.05, 3.63) is 5.01 Å². The molecule has 1 aliphatic heterocycles. The van der Waals surface area contributed by atoms with E-state index in [0.29, 0.717) is 6.04 Å². The van der Waals surface area contributed by atoms with Gasteiger partial charge in [0.05, 0.1) is 6.54 Å². The van der Waals surface area contributed by atoms with Gasteiger partial charge in [-0.05, 0) is 13.3 Å². The first-order valence-corrected chi connectivity index (χ1v) is 8.14. The Hall–Kier alpha value is -0.330. The number of aromatic nitrogens is 2. The molecule has 0 spiro atoms. The van der Waals surface area contributed by atoms with E-state index in [1.165, 1.54) is 18.1 Å². The Labute approximate surface area is 111 Å². The Bertz CT molecular complexity index is 342. The number of rotatable bonds is 5. The van der Waals surface area contributed by atoms with Gasteiger partial charge in [-0.15, -0.1) is 10.2 Å². The molecule has 0 aromatic carbocycles. The molecule has 2 rings (SSSR count). The summed E-state index contributed by atoms with van der Waals surface area (Å²) in [5.41, 5.74) is 0. The number of hydrogen-bond donors (Lipinski definition) is 1. The zero-order chi connectivity index (χ0) is 12.1. The van der Waals surface area contributed by atoms with E-state index in [-0.39, 0.29) is 0 Å². The van der Waals surface area contributed by atoms with Gasteiger partial charge in [0, 0.05) is 30.6 Å². The fraction of sp³-hybridized carbons (Fsp3) is 0.818. The molecule has 0 aliphatic carbocycles. The molecule has 1 fully saturated rings. The van der Waals surface area contributed by atoms with Crippen molar-refractivity contribution >= 4 is 28.2 Å². The van der Waals surface area contributed by atoms with Crippen LogP contribution in [0, 0.1) is 0 Å². The summed E-state index contributed by atoms with van der Waals surface area (Å²) in [5, 5.41) is 13.8. The van der Waals surface area contributed by atoms with Gasteiger partial charge in [0.2, 0.25) is 5.13 Å². The van der Waals surface area contributed by atoms with Crippen LogP contribution in [-0.4, -0.2) is 45.7 Å². The van der Waals surface area contributed by atoms with Crippen LogP contribution >= 0.6 is 23.1 Å². The average Bonchev–Trinajstić information content (AvgIpc) is 2.77. The second kappa shape index (κ2) is 6.56. The molecule has 1 unspecified atom stereocenters. The van der Waals surface area contributed by atoms with Crippen molar-refractivity contribution in [2.75, 3.05) is 29.9 Å². The van der Waals surface area contributed by atoms with Crippen molar-refractivity contribution < 1.29 is 0 Å². The molecule has 0 bridgehead atoms. The van der Waals surface area contributed by atoms with E-state index in [1.54, 1.807) is 11.3 Å². The highest BCUT2D eigenvalue weighted by Gasteiger charge is 2.20. The fourth-order valence-electron chi connectivity index (χ4n) is 1.79. The molecular formula is C11H20N4S2. The minimum absolute atomic E-state index is 0.657. The molecule has 0 radical (unpaired) electrons. The SMILES string of the molecule is CCCNc1nnc(CN2CCSCC2C)s1. The van der Waals surface area contributed by atoms with Crippen LogP contribution in [0.4, 0.5) is 5.13 Å². The summed E-state index contributed by atoms with van der Waals surface area (Å²) in [4.78, 5) is 2.50. The summed E-state index contributed by atoms with van der Waals surface area (Å²) < 4.78 is 0. The number of anilines is 1. The van der Waals surface area contributed by atoms with Crippen LogP contribution < -0.4 is 5.32 Å². The molecule has 1 saturated heterocycles. The van der Waals surface area contributed by atoms with Crippen molar-refractivity contribution in [1.29, 1.82) is 0 Å². The zero-order valence-electron chi connectivity index (χ0n) is 10.5. The summed E-state index contributed by atoms with van der Waals surface area (Å²) in [5.74, 6) is 2.48. The normalized spacial score (nSPS) is 21.6. The van der Waals surface area contributed by atoms with E-state index < -0.39 is 0 Å². The molecule has 0 saturated carbocycles. The van der Waals surface area contributed by atoms with E-state index in [9.17, 15) is 0 Å². The average molecular weight is 272 g/mol. The first kappa shape index (κ1) is 13.1. The molecule has 1 atom stereocenters. The molecule has 4 nitrogen and oxygen atoms in total. The van der Waals surface area contributed by atoms with Crippen LogP contribution in [0.2, 0.25) is 0 Å². The van der Waals surface area contributed by atoms with Crippen molar-refractivity contribution in [3.63, 3.8) is 0 Å². The number of nitrogens with zero attached hydrogens (tertiary/aromatic N) is 3. The molecule has 0 amide bonds. The number of hydrogen-bond acceptors (Lipinski definition) is 6. The van der Waals surface area contributed by atoms with Crippen LogP contribution in [-0.2, 0) is 6.54 Å². The Morgan fingerprint density at radius 2 is 2.35 bits per heavy atom. The Kier molecular flexibility index (Phi) is 5.06. The Balaban J connectivity index is 1.87. The lowest BCUT2D eigenvalue weighted by Gasteiger charge is -2.31. The largest absolute Gasteiger partial charge is 0.360 e. The van der Waals surface area contributed by atoms with Gasteiger partial charge in [0.1, 0.15) is 5.01 Å². The number of thioether (sulfide) groups is 1. The second-order valence-corrected chi connectivity index (χ2v) is 6.53. The lowest BCUT2D eigenvalue weighted by molar-refractivity contribution is 0.223. The highest BCUT2D eigenvalue weighted by molar-refractivity contribution is 7.99. The van der Waals surface area contributed by atoms with Gasteiger partial charge in [0.15, 0.2) is 0 Å². The topological polar surface area (TPSA) is 41.1 Å². The van der Waals surface area contributed by atoms with E-state index >= 15 is 0 Å². The quantitative estimate of drug-likeness (QED) is 0.890. The highest BCUT2D eigenvalue weighted by atomic mass is 32.2. The van der Waals surface area contributed by atoms with Gasteiger partial charge >= 0.3 is 0 Å². The van der Waals surface area contributed by atoms with Gasteiger partial charge in [-0.1, -0.05) is 18.3 Å².